The SMILES string of the molecule is C=CCn1c(SC)cc2nc(C(=O)c3ccccc3)cn2c1=O. The van der Waals surface area contributed by atoms with Crippen LogP contribution in [0.15, 0.2) is 65.1 Å². The Bertz CT molecular complexity index is 942. The van der Waals surface area contributed by atoms with Gasteiger partial charge in [0.05, 0.1) is 5.03 Å². The van der Waals surface area contributed by atoms with Crippen LogP contribution in [0.1, 0.15) is 16.1 Å². The van der Waals surface area contributed by atoms with Gasteiger partial charge in [-0.05, 0) is 6.26 Å². The fraction of sp³-hybridized carbons (Fsp3) is 0.118. The highest BCUT2D eigenvalue weighted by Gasteiger charge is 2.16. The standard InChI is InChI=1S/C17H15N3O2S/c1-3-9-19-15(23-2)10-14-18-13(11-20(14)17(19)22)16(21)12-7-5-4-6-8-12/h3-8,10-11H,1,9H2,2H3. The van der Waals surface area contributed by atoms with E-state index in [1.54, 1.807) is 41.0 Å². The molecule has 0 aliphatic rings. The van der Waals surface area contributed by atoms with Crippen molar-refractivity contribution in [2.75, 3.05) is 6.26 Å². The van der Waals surface area contributed by atoms with Crippen molar-refractivity contribution in [3.63, 3.8) is 0 Å². The average molecular weight is 325 g/mol. The van der Waals surface area contributed by atoms with E-state index in [0.717, 1.165) is 5.03 Å². The maximum absolute atomic E-state index is 12.6. The minimum Gasteiger partial charge on any atom is -0.287 e. The molecule has 0 saturated heterocycles. The van der Waals surface area contributed by atoms with Gasteiger partial charge in [0.1, 0.15) is 11.3 Å². The van der Waals surface area contributed by atoms with Gasteiger partial charge in [0.15, 0.2) is 0 Å². The van der Waals surface area contributed by atoms with Crippen LogP contribution in [0, 0.1) is 0 Å². The molecule has 23 heavy (non-hydrogen) atoms. The number of carbonyl (C=O) groups is 1. The van der Waals surface area contributed by atoms with Gasteiger partial charge in [-0.25, -0.2) is 9.78 Å². The Hall–Kier alpha value is -2.60. The molecular formula is C17H15N3O2S. The molecule has 3 rings (SSSR count). The maximum atomic E-state index is 12.6. The lowest BCUT2D eigenvalue weighted by molar-refractivity contribution is 0.103. The van der Waals surface area contributed by atoms with Crippen LogP contribution in [0.3, 0.4) is 0 Å². The van der Waals surface area contributed by atoms with Gasteiger partial charge in [0.2, 0.25) is 5.78 Å². The third-order valence-corrected chi connectivity index (χ3v) is 4.23. The first-order valence-electron chi connectivity index (χ1n) is 7.03. The van der Waals surface area contributed by atoms with E-state index in [-0.39, 0.29) is 17.2 Å². The Labute approximate surface area is 137 Å². The van der Waals surface area contributed by atoms with Crippen molar-refractivity contribution >= 4 is 23.2 Å². The number of benzene rings is 1. The Balaban J connectivity index is 2.16. The first-order valence-corrected chi connectivity index (χ1v) is 8.25. The lowest BCUT2D eigenvalue weighted by Gasteiger charge is -2.08. The lowest BCUT2D eigenvalue weighted by Crippen LogP contribution is -2.26. The summed E-state index contributed by atoms with van der Waals surface area (Å²) in [5, 5.41) is 0.784. The summed E-state index contributed by atoms with van der Waals surface area (Å²) in [5.74, 6) is -0.199. The van der Waals surface area contributed by atoms with Crippen LogP contribution in [-0.2, 0) is 6.54 Å². The first kappa shape index (κ1) is 15.3. The summed E-state index contributed by atoms with van der Waals surface area (Å²) in [7, 11) is 0. The number of ketones is 1. The van der Waals surface area contributed by atoms with Crippen molar-refractivity contribution in [1.82, 2.24) is 14.0 Å². The van der Waals surface area contributed by atoms with Gasteiger partial charge in [-0.1, -0.05) is 36.4 Å². The number of fused-ring (bicyclic) bond motifs is 1. The highest BCUT2D eigenvalue weighted by Crippen LogP contribution is 2.16. The number of nitrogens with zero attached hydrogens (tertiary/aromatic N) is 3. The number of thioether (sulfide) groups is 1. The van der Waals surface area contributed by atoms with Crippen molar-refractivity contribution in [3.05, 3.63) is 77.0 Å². The average Bonchev–Trinajstić information content (AvgIpc) is 3.01. The van der Waals surface area contributed by atoms with E-state index in [1.165, 1.54) is 22.4 Å². The Morgan fingerprint density at radius 2 is 2.09 bits per heavy atom. The van der Waals surface area contributed by atoms with E-state index in [0.29, 0.717) is 17.8 Å². The van der Waals surface area contributed by atoms with Crippen LogP contribution in [-0.4, -0.2) is 26.0 Å². The predicted molar refractivity (Wildman–Crippen MR) is 91.3 cm³/mol. The molecule has 2 heterocycles. The van der Waals surface area contributed by atoms with Crippen molar-refractivity contribution in [2.45, 2.75) is 11.6 Å². The van der Waals surface area contributed by atoms with Crippen LogP contribution in [0.25, 0.3) is 5.65 Å². The van der Waals surface area contributed by atoms with Crippen LogP contribution in [0.5, 0.6) is 0 Å². The minimum absolute atomic E-state index is 0.199. The monoisotopic (exact) mass is 325 g/mol. The van der Waals surface area contributed by atoms with Crippen molar-refractivity contribution in [3.8, 4) is 0 Å². The summed E-state index contributed by atoms with van der Waals surface area (Å²) in [6.45, 7) is 4.09. The number of allylic oxidation sites excluding steroid dienone is 1. The molecule has 0 radical (unpaired) electrons. The lowest BCUT2D eigenvalue weighted by atomic mass is 10.1. The van der Waals surface area contributed by atoms with Crippen molar-refractivity contribution < 1.29 is 4.79 Å². The second-order valence-corrected chi connectivity index (χ2v) is 5.74. The highest BCUT2D eigenvalue weighted by atomic mass is 32.2. The first-order chi connectivity index (χ1) is 11.2. The number of hydrogen-bond acceptors (Lipinski definition) is 4. The summed E-state index contributed by atoms with van der Waals surface area (Å²) in [4.78, 5) is 29.4. The summed E-state index contributed by atoms with van der Waals surface area (Å²) < 4.78 is 3.00. The Morgan fingerprint density at radius 3 is 2.74 bits per heavy atom. The van der Waals surface area contributed by atoms with Crippen LogP contribution in [0.2, 0.25) is 0 Å². The zero-order valence-corrected chi connectivity index (χ0v) is 13.4. The van der Waals surface area contributed by atoms with E-state index in [1.807, 2.05) is 12.3 Å². The number of hydrogen-bond donors (Lipinski definition) is 0. The van der Waals surface area contributed by atoms with Crippen LogP contribution < -0.4 is 5.69 Å². The second kappa shape index (κ2) is 6.26. The molecule has 0 unspecified atom stereocenters. The zero-order chi connectivity index (χ0) is 16.4. The smallest absolute Gasteiger partial charge is 0.287 e. The Morgan fingerprint density at radius 1 is 1.35 bits per heavy atom. The molecule has 0 aliphatic heterocycles. The van der Waals surface area contributed by atoms with E-state index < -0.39 is 0 Å². The predicted octanol–water partition coefficient (Wildman–Crippen LogP) is 2.63. The molecule has 0 fully saturated rings. The molecular weight excluding hydrogens is 310 g/mol. The molecule has 1 aromatic carbocycles. The van der Waals surface area contributed by atoms with Gasteiger partial charge in [-0.2, -0.15) is 0 Å². The highest BCUT2D eigenvalue weighted by molar-refractivity contribution is 7.98. The van der Waals surface area contributed by atoms with Gasteiger partial charge in [0, 0.05) is 24.4 Å². The number of carbonyl (C=O) groups excluding carboxylic acids is 1. The largest absolute Gasteiger partial charge is 0.335 e. The normalized spacial score (nSPS) is 10.8. The summed E-state index contributed by atoms with van der Waals surface area (Å²) in [6.07, 6.45) is 5.06. The van der Waals surface area contributed by atoms with Gasteiger partial charge < -0.3 is 0 Å². The molecule has 5 nitrogen and oxygen atoms in total. The summed E-state index contributed by atoms with van der Waals surface area (Å²) in [5.41, 5.74) is 1.05. The molecule has 2 aromatic heterocycles. The molecule has 0 atom stereocenters. The van der Waals surface area contributed by atoms with Gasteiger partial charge >= 0.3 is 5.69 Å². The maximum Gasteiger partial charge on any atom is 0.335 e. The fourth-order valence-electron chi connectivity index (χ4n) is 2.38. The van der Waals surface area contributed by atoms with Gasteiger partial charge in [0.25, 0.3) is 0 Å². The molecule has 116 valence electrons. The molecule has 0 spiro atoms. The third-order valence-electron chi connectivity index (χ3n) is 3.48. The third kappa shape index (κ3) is 2.73. The molecule has 0 N–H and O–H groups in total. The molecule has 6 heteroatoms. The van der Waals surface area contributed by atoms with E-state index in [4.69, 9.17) is 0 Å². The fourth-order valence-corrected chi connectivity index (χ4v) is 2.97. The second-order valence-electron chi connectivity index (χ2n) is 4.92. The zero-order valence-electron chi connectivity index (χ0n) is 12.6. The molecule has 3 aromatic rings. The van der Waals surface area contributed by atoms with Crippen molar-refractivity contribution in [1.29, 1.82) is 0 Å². The van der Waals surface area contributed by atoms with Crippen molar-refractivity contribution in [2.24, 2.45) is 0 Å². The minimum atomic E-state index is -0.230. The number of rotatable bonds is 5. The van der Waals surface area contributed by atoms with Crippen LogP contribution in [0.4, 0.5) is 0 Å². The van der Waals surface area contributed by atoms with E-state index in [2.05, 4.69) is 11.6 Å². The molecule has 0 saturated carbocycles. The van der Waals surface area contributed by atoms with E-state index >= 15 is 0 Å². The Kier molecular flexibility index (Phi) is 4.16. The summed E-state index contributed by atoms with van der Waals surface area (Å²) >= 11 is 1.46. The number of imidazole rings is 1. The van der Waals surface area contributed by atoms with Gasteiger partial charge in [-0.3, -0.25) is 13.8 Å². The molecule has 0 aliphatic carbocycles. The number of aromatic nitrogens is 3. The molecule has 0 amide bonds. The summed E-state index contributed by atoms with van der Waals surface area (Å²) in [6, 6.07) is 10.7. The van der Waals surface area contributed by atoms with Crippen LogP contribution >= 0.6 is 11.8 Å². The van der Waals surface area contributed by atoms with Gasteiger partial charge in [-0.15, -0.1) is 18.3 Å². The quantitative estimate of drug-likeness (QED) is 0.313. The topological polar surface area (TPSA) is 56.4 Å². The van der Waals surface area contributed by atoms with E-state index in [9.17, 15) is 9.59 Å². The molecule has 0 bridgehead atoms.